The Balaban J connectivity index is 1.74. The predicted octanol–water partition coefficient (Wildman–Crippen LogP) is 4.15. The first-order valence-electron chi connectivity index (χ1n) is 8.61. The molecule has 0 aliphatic rings. The second-order valence-electron chi connectivity index (χ2n) is 7.11. The van der Waals surface area contributed by atoms with E-state index >= 15 is 0 Å². The van der Waals surface area contributed by atoms with Gasteiger partial charge in [0.15, 0.2) is 0 Å². The normalized spacial score (nSPS) is 11.3. The van der Waals surface area contributed by atoms with Gasteiger partial charge in [-0.3, -0.25) is 4.79 Å². The van der Waals surface area contributed by atoms with Crippen LogP contribution in [-0.2, 0) is 16.6 Å². The van der Waals surface area contributed by atoms with E-state index < -0.39 is 0 Å². The number of hydrogen-bond donors (Lipinski definition) is 2. The minimum atomic E-state index is 0.00594. The number of carbonyl (C=O) groups excluding carboxylic acids is 1. The lowest BCUT2D eigenvalue weighted by atomic mass is 9.86. The molecule has 0 unspecified atom stereocenters. The maximum Gasteiger partial charge on any atom is 0.238 e. The van der Waals surface area contributed by atoms with E-state index in [1.165, 1.54) is 5.56 Å². The zero-order chi connectivity index (χ0) is 17.4. The topological polar surface area (TPSA) is 41.1 Å². The van der Waals surface area contributed by atoms with Gasteiger partial charge in [0.25, 0.3) is 0 Å². The molecule has 0 saturated heterocycles. The summed E-state index contributed by atoms with van der Waals surface area (Å²) in [7, 11) is 0. The number of benzene rings is 2. The fraction of sp³-hybridized carbons (Fsp3) is 0.381. The van der Waals surface area contributed by atoms with Crippen molar-refractivity contribution in [1.82, 2.24) is 5.32 Å². The molecule has 2 rings (SSSR count). The second kappa shape index (κ2) is 8.65. The number of hydrogen-bond acceptors (Lipinski definition) is 2. The van der Waals surface area contributed by atoms with E-state index in [0.29, 0.717) is 6.54 Å². The summed E-state index contributed by atoms with van der Waals surface area (Å²) < 4.78 is 0. The quantitative estimate of drug-likeness (QED) is 0.751. The Bertz CT molecular complexity index is 644. The average Bonchev–Trinajstić information content (AvgIpc) is 2.55. The molecule has 0 aliphatic heterocycles. The van der Waals surface area contributed by atoms with Gasteiger partial charge >= 0.3 is 0 Å². The number of aryl methyl sites for hydroxylation is 1. The third-order valence-corrected chi connectivity index (χ3v) is 3.96. The maximum absolute atomic E-state index is 12.2. The highest BCUT2D eigenvalue weighted by Crippen LogP contribution is 2.29. The molecular weight excluding hydrogens is 296 g/mol. The van der Waals surface area contributed by atoms with Gasteiger partial charge in [0, 0.05) is 5.69 Å². The molecule has 0 spiro atoms. The molecule has 3 heteroatoms. The van der Waals surface area contributed by atoms with Gasteiger partial charge in [-0.1, -0.05) is 69.3 Å². The Morgan fingerprint density at radius 2 is 1.62 bits per heavy atom. The van der Waals surface area contributed by atoms with E-state index in [9.17, 15) is 4.79 Å². The third kappa shape index (κ3) is 5.82. The lowest BCUT2D eigenvalue weighted by molar-refractivity contribution is -0.115. The van der Waals surface area contributed by atoms with Crippen LogP contribution in [-0.4, -0.2) is 19.0 Å². The van der Waals surface area contributed by atoms with Crippen LogP contribution in [0.25, 0.3) is 0 Å². The molecule has 0 heterocycles. The summed E-state index contributed by atoms with van der Waals surface area (Å²) in [6.45, 7) is 7.63. The first-order chi connectivity index (χ1) is 11.5. The molecule has 0 fully saturated rings. The van der Waals surface area contributed by atoms with E-state index in [4.69, 9.17) is 0 Å². The van der Waals surface area contributed by atoms with Crippen LogP contribution in [0.4, 0.5) is 5.69 Å². The molecule has 1 amide bonds. The fourth-order valence-corrected chi connectivity index (χ4v) is 2.70. The van der Waals surface area contributed by atoms with Crippen molar-refractivity contribution < 1.29 is 4.79 Å². The van der Waals surface area contributed by atoms with Crippen molar-refractivity contribution in [2.24, 2.45) is 0 Å². The molecule has 2 aromatic rings. The first-order valence-corrected chi connectivity index (χ1v) is 8.61. The van der Waals surface area contributed by atoms with Crippen molar-refractivity contribution in [3.05, 3.63) is 65.7 Å². The van der Waals surface area contributed by atoms with Crippen LogP contribution in [0.15, 0.2) is 54.6 Å². The van der Waals surface area contributed by atoms with Crippen LogP contribution in [0.5, 0.6) is 0 Å². The van der Waals surface area contributed by atoms with Crippen LogP contribution >= 0.6 is 0 Å². The van der Waals surface area contributed by atoms with E-state index in [2.05, 4.69) is 61.7 Å². The zero-order valence-electron chi connectivity index (χ0n) is 14.9. The van der Waals surface area contributed by atoms with Crippen LogP contribution in [0, 0.1) is 0 Å². The molecule has 0 atom stereocenters. The largest absolute Gasteiger partial charge is 0.325 e. The van der Waals surface area contributed by atoms with Crippen molar-refractivity contribution >= 4 is 11.6 Å². The first kappa shape index (κ1) is 18.2. The van der Waals surface area contributed by atoms with E-state index in [1.807, 2.05) is 24.3 Å². The maximum atomic E-state index is 12.2. The fourth-order valence-electron chi connectivity index (χ4n) is 2.70. The number of amides is 1. The van der Waals surface area contributed by atoms with Gasteiger partial charge in [-0.2, -0.15) is 0 Å². The van der Waals surface area contributed by atoms with Gasteiger partial charge in [-0.25, -0.2) is 0 Å². The Morgan fingerprint density at radius 3 is 2.33 bits per heavy atom. The summed E-state index contributed by atoms with van der Waals surface area (Å²) in [5.74, 6) is 0.00594. The highest BCUT2D eigenvalue weighted by Gasteiger charge is 2.18. The average molecular weight is 324 g/mol. The highest BCUT2D eigenvalue weighted by molar-refractivity contribution is 5.93. The van der Waals surface area contributed by atoms with Crippen LogP contribution in [0.1, 0.15) is 38.3 Å². The SMILES string of the molecule is CC(C)(C)c1ccccc1NC(=O)CNCCCc1ccccc1. The summed E-state index contributed by atoms with van der Waals surface area (Å²) in [5, 5.41) is 6.25. The summed E-state index contributed by atoms with van der Waals surface area (Å²) >= 11 is 0. The van der Waals surface area contributed by atoms with Gasteiger partial charge in [0.05, 0.1) is 6.54 Å². The minimum absolute atomic E-state index is 0.00594. The number of anilines is 1. The minimum Gasteiger partial charge on any atom is -0.325 e. The third-order valence-electron chi connectivity index (χ3n) is 3.96. The highest BCUT2D eigenvalue weighted by atomic mass is 16.1. The van der Waals surface area contributed by atoms with Crippen molar-refractivity contribution in [3.8, 4) is 0 Å². The summed E-state index contributed by atoms with van der Waals surface area (Å²) in [5.41, 5.74) is 3.40. The van der Waals surface area contributed by atoms with Gasteiger partial charge < -0.3 is 10.6 Å². The molecule has 0 radical (unpaired) electrons. The van der Waals surface area contributed by atoms with E-state index in [0.717, 1.165) is 30.6 Å². The number of nitrogens with one attached hydrogen (secondary N) is 2. The molecule has 0 aliphatic carbocycles. The Kier molecular flexibility index (Phi) is 6.56. The monoisotopic (exact) mass is 324 g/mol. The van der Waals surface area contributed by atoms with Crippen LogP contribution < -0.4 is 10.6 Å². The summed E-state index contributed by atoms with van der Waals surface area (Å²) in [4.78, 5) is 12.2. The molecule has 3 nitrogen and oxygen atoms in total. The van der Waals surface area contributed by atoms with Crippen molar-refractivity contribution in [2.45, 2.75) is 39.0 Å². The zero-order valence-corrected chi connectivity index (χ0v) is 14.9. The molecule has 0 saturated carbocycles. The van der Waals surface area contributed by atoms with Crippen molar-refractivity contribution in [2.75, 3.05) is 18.4 Å². The summed E-state index contributed by atoms with van der Waals surface area (Å²) in [6.07, 6.45) is 2.05. The smallest absolute Gasteiger partial charge is 0.238 e. The van der Waals surface area contributed by atoms with Crippen molar-refractivity contribution in [1.29, 1.82) is 0 Å². The van der Waals surface area contributed by atoms with Crippen LogP contribution in [0.3, 0.4) is 0 Å². The second-order valence-corrected chi connectivity index (χ2v) is 7.11. The lowest BCUT2D eigenvalue weighted by Crippen LogP contribution is -2.30. The Morgan fingerprint density at radius 1 is 0.958 bits per heavy atom. The molecule has 2 N–H and O–H groups in total. The standard InChI is InChI=1S/C21H28N2O/c1-21(2,3)18-13-7-8-14-19(18)23-20(24)16-22-15-9-12-17-10-5-4-6-11-17/h4-8,10-11,13-14,22H,9,12,15-16H2,1-3H3,(H,23,24). The lowest BCUT2D eigenvalue weighted by Gasteiger charge is -2.23. The molecule has 0 aromatic heterocycles. The van der Waals surface area contributed by atoms with Gasteiger partial charge in [-0.05, 0) is 42.0 Å². The molecule has 24 heavy (non-hydrogen) atoms. The van der Waals surface area contributed by atoms with Crippen molar-refractivity contribution in [3.63, 3.8) is 0 Å². The molecule has 2 aromatic carbocycles. The van der Waals surface area contributed by atoms with Crippen LogP contribution in [0.2, 0.25) is 0 Å². The van der Waals surface area contributed by atoms with Gasteiger partial charge in [0.2, 0.25) is 5.91 Å². The number of rotatable bonds is 7. The summed E-state index contributed by atoms with van der Waals surface area (Å²) in [6, 6.07) is 18.4. The van der Waals surface area contributed by atoms with Gasteiger partial charge in [0.1, 0.15) is 0 Å². The Hall–Kier alpha value is -2.13. The number of para-hydroxylation sites is 1. The molecule has 128 valence electrons. The van der Waals surface area contributed by atoms with E-state index in [1.54, 1.807) is 0 Å². The Labute approximate surface area is 145 Å². The van der Waals surface area contributed by atoms with Gasteiger partial charge in [-0.15, -0.1) is 0 Å². The molecule has 0 bridgehead atoms. The predicted molar refractivity (Wildman–Crippen MR) is 101 cm³/mol. The molecular formula is C21H28N2O. The van der Waals surface area contributed by atoms with E-state index in [-0.39, 0.29) is 11.3 Å². The number of carbonyl (C=O) groups is 1.